The molecule has 0 aromatic carbocycles. The largest absolute Gasteiger partial charge is 0.481 e. The summed E-state index contributed by atoms with van der Waals surface area (Å²) < 4.78 is -0.352. The van der Waals surface area contributed by atoms with Gasteiger partial charge in [-0.1, -0.05) is 13.3 Å². The molecular weight excluding hydrogens is 238 g/mol. The lowest BCUT2D eigenvalue weighted by atomic mass is 10.0. The van der Waals surface area contributed by atoms with E-state index in [0.717, 1.165) is 25.0 Å². The van der Waals surface area contributed by atoms with Gasteiger partial charge in [-0.15, -0.1) is 11.8 Å². The fraction of sp³-hybridized carbons (Fsp3) is 0.833. The van der Waals surface area contributed by atoms with Crippen molar-refractivity contribution in [3.05, 3.63) is 0 Å². The highest BCUT2D eigenvalue weighted by atomic mass is 32.2. The van der Waals surface area contributed by atoms with Gasteiger partial charge in [-0.25, -0.2) is 0 Å². The van der Waals surface area contributed by atoms with Crippen LogP contribution in [0.5, 0.6) is 0 Å². The molecule has 0 saturated carbocycles. The molecule has 0 aliphatic carbocycles. The molecule has 1 fully saturated rings. The van der Waals surface area contributed by atoms with Crippen molar-refractivity contribution in [3.63, 3.8) is 0 Å². The molecule has 1 aliphatic heterocycles. The highest BCUT2D eigenvalue weighted by Crippen LogP contribution is 2.37. The summed E-state index contributed by atoms with van der Waals surface area (Å²) >= 11 is 1.67. The lowest BCUT2D eigenvalue weighted by Gasteiger charge is -2.22. The van der Waals surface area contributed by atoms with Crippen molar-refractivity contribution in [1.82, 2.24) is 5.32 Å². The summed E-state index contributed by atoms with van der Waals surface area (Å²) in [4.78, 5) is 22.9. The van der Waals surface area contributed by atoms with Crippen LogP contribution in [0, 0.1) is 5.92 Å². The van der Waals surface area contributed by atoms with Gasteiger partial charge in [0.2, 0.25) is 5.91 Å². The third-order valence-corrected chi connectivity index (χ3v) is 4.71. The summed E-state index contributed by atoms with van der Waals surface area (Å²) in [6.45, 7) is 4.14. The monoisotopic (exact) mass is 259 g/mol. The van der Waals surface area contributed by atoms with Gasteiger partial charge in [0.05, 0.1) is 10.7 Å². The van der Waals surface area contributed by atoms with Crippen molar-refractivity contribution in [2.45, 2.75) is 44.3 Å². The third kappa shape index (κ3) is 3.91. The molecule has 4 nitrogen and oxygen atoms in total. The van der Waals surface area contributed by atoms with E-state index in [1.54, 1.807) is 11.8 Å². The second-order valence-corrected chi connectivity index (χ2v) is 6.31. The zero-order valence-electron chi connectivity index (χ0n) is 10.5. The van der Waals surface area contributed by atoms with Crippen molar-refractivity contribution in [2.24, 2.45) is 5.92 Å². The van der Waals surface area contributed by atoms with E-state index in [9.17, 15) is 9.59 Å². The normalized spacial score (nSPS) is 25.5. The van der Waals surface area contributed by atoms with E-state index in [2.05, 4.69) is 5.32 Å². The van der Waals surface area contributed by atoms with Crippen molar-refractivity contribution in [2.75, 3.05) is 12.3 Å². The zero-order valence-corrected chi connectivity index (χ0v) is 11.3. The van der Waals surface area contributed by atoms with E-state index >= 15 is 0 Å². The van der Waals surface area contributed by atoms with Gasteiger partial charge in [-0.3, -0.25) is 9.59 Å². The Balaban J connectivity index is 2.43. The van der Waals surface area contributed by atoms with Gasteiger partial charge >= 0.3 is 5.97 Å². The van der Waals surface area contributed by atoms with Crippen LogP contribution in [-0.2, 0) is 9.59 Å². The molecule has 2 N–H and O–H groups in total. The number of hydrogen-bond donors (Lipinski definition) is 2. The Labute approximate surface area is 107 Å². The molecule has 1 saturated heterocycles. The number of carbonyl (C=O) groups excluding carboxylic acids is 1. The minimum absolute atomic E-state index is 0.0117. The van der Waals surface area contributed by atoms with Crippen LogP contribution < -0.4 is 5.32 Å². The van der Waals surface area contributed by atoms with Crippen molar-refractivity contribution in [1.29, 1.82) is 0 Å². The van der Waals surface area contributed by atoms with Crippen LogP contribution in [0.2, 0.25) is 0 Å². The molecule has 1 aliphatic rings. The standard InChI is InChI=1S/C12H21NO3S/c1-3-5-9(10(14)15)8-13-11(16)12(2)6-4-7-17-12/h9H,3-8H2,1-2H3,(H,13,16)(H,14,15). The van der Waals surface area contributed by atoms with E-state index in [1.807, 2.05) is 13.8 Å². The van der Waals surface area contributed by atoms with Gasteiger partial charge in [-0.05, 0) is 31.9 Å². The molecule has 1 amide bonds. The lowest BCUT2D eigenvalue weighted by Crippen LogP contribution is -2.43. The highest BCUT2D eigenvalue weighted by molar-refractivity contribution is 8.01. The molecule has 1 heterocycles. The number of nitrogens with one attached hydrogen (secondary N) is 1. The van der Waals surface area contributed by atoms with Crippen LogP contribution in [0.4, 0.5) is 0 Å². The number of aliphatic carboxylic acids is 1. The molecule has 2 unspecified atom stereocenters. The van der Waals surface area contributed by atoms with Gasteiger partial charge in [0.1, 0.15) is 0 Å². The fourth-order valence-corrected chi connectivity index (χ4v) is 3.25. The van der Waals surface area contributed by atoms with Crippen molar-refractivity contribution in [3.8, 4) is 0 Å². The summed E-state index contributed by atoms with van der Waals surface area (Å²) in [5.74, 6) is -0.279. The van der Waals surface area contributed by atoms with E-state index < -0.39 is 11.9 Å². The van der Waals surface area contributed by atoms with Gasteiger partial charge in [0.15, 0.2) is 0 Å². The molecule has 0 radical (unpaired) electrons. The number of carbonyl (C=O) groups is 2. The molecule has 98 valence electrons. The zero-order chi connectivity index (χ0) is 12.9. The Morgan fingerprint density at radius 1 is 1.53 bits per heavy atom. The number of carboxylic acids is 1. The Hall–Kier alpha value is -0.710. The molecular formula is C12H21NO3S. The van der Waals surface area contributed by atoms with E-state index in [-0.39, 0.29) is 17.2 Å². The van der Waals surface area contributed by atoms with Gasteiger partial charge in [-0.2, -0.15) is 0 Å². The van der Waals surface area contributed by atoms with Gasteiger partial charge in [0, 0.05) is 6.54 Å². The van der Waals surface area contributed by atoms with E-state index in [0.29, 0.717) is 6.42 Å². The Bertz CT molecular complexity index is 287. The number of rotatable bonds is 6. The topological polar surface area (TPSA) is 66.4 Å². The minimum atomic E-state index is -0.823. The first kappa shape index (κ1) is 14.4. The molecule has 17 heavy (non-hydrogen) atoms. The summed E-state index contributed by atoms with van der Waals surface area (Å²) in [5, 5.41) is 11.8. The van der Waals surface area contributed by atoms with Crippen LogP contribution in [0.15, 0.2) is 0 Å². The minimum Gasteiger partial charge on any atom is -0.481 e. The SMILES string of the molecule is CCCC(CNC(=O)C1(C)CCCS1)C(=O)O. The van der Waals surface area contributed by atoms with Crippen molar-refractivity contribution >= 4 is 23.6 Å². The molecule has 5 heteroatoms. The Kier molecular flexibility index (Phi) is 5.31. The predicted octanol–water partition coefficient (Wildman–Crippen LogP) is 1.89. The van der Waals surface area contributed by atoms with Crippen LogP contribution in [0.1, 0.15) is 39.5 Å². The van der Waals surface area contributed by atoms with E-state index in [1.165, 1.54) is 0 Å². The van der Waals surface area contributed by atoms with Crippen LogP contribution in [0.3, 0.4) is 0 Å². The summed E-state index contributed by atoms with van der Waals surface area (Å²) in [7, 11) is 0. The second-order valence-electron chi connectivity index (χ2n) is 4.72. The van der Waals surface area contributed by atoms with Gasteiger partial charge < -0.3 is 10.4 Å². The third-order valence-electron chi connectivity index (χ3n) is 3.19. The van der Waals surface area contributed by atoms with Gasteiger partial charge in [0.25, 0.3) is 0 Å². The molecule has 0 spiro atoms. The average molecular weight is 259 g/mol. The average Bonchev–Trinajstić information content (AvgIpc) is 2.71. The summed E-state index contributed by atoms with van der Waals surface area (Å²) in [6.07, 6.45) is 3.37. The van der Waals surface area contributed by atoms with Crippen LogP contribution in [-0.4, -0.2) is 34.0 Å². The fourth-order valence-electron chi connectivity index (χ4n) is 2.02. The second kappa shape index (κ2) is 6.28. The smallest absolute Gasteiger partial charge is 0.308 e. The van der Waals surface area contributed by atoms with Crippen LogP contribution >= 0.6 is 11.8 Å². The molecule has 0 aromatic rings. The molecule has 2 atom stereocenters. The number of amides is 1. The molecule has 0 aromatic heterocycles. The number of hydrogen-bond acceptors (Lipinski definition) is 3. The number of thioether (sulfide) groups is 1. The maximum Gasteiger partial charge on any atom is 0.308 e. The maximum absolute atomic E-state index is 12.0. The van der Waals surface area contributed by atoms with Crippen molar-refractivity contribution < 1.29 is 14.7 Å². The summed E-state index contributed by atoms with van der Waals surface area (Å²) in [6, 6.07) is 0. The first-order chi connectivity index (χ1) is 7.99. The van der Waals surface area contributed by atoms with Crippen LogP contribution in [0.25, 0.3) is 0 Å². The quantitative estimate of drug-likeness (QED) is 0.764. The Morgan fingerprint density at radius 2 is 2.24 bits per heavy atom. The predicted molar refractivity (Wildman–Crippen MR) is 69.1 cm³/mol. The van der Waals surface area contributed by atoms with E-state index in [4.69, 9.17) is 5.11 Å². The Morgan fingerprint density at radius 3 is 2.71 bits per heavy atom. The maximum atomic E-state index is 12.0. The molecule has 0 bridgehead atoms. The summed E-state index contributed by atoms with van der Waals surface area (Å²) in [5.41, 5.74) is 0. The first-order valence-corrected chi connectivity index (χ1v) is 7.13. The lowest BCUT2D eigenvalue weighted by molar-refractivity contribution is -0.142. The highest BCUT2D eigenvalue weighted by Gasteiger charge is 2.37. The number of carboxylic acid groups (broad SMARTS) is 1. The molecule has 1 rings (SSSR count). The first-order valence-electron chi connectivity index (χ1n) is 6.14.